The molecule has 5 heteroatoms. The zero-order valence-electron chi connectivity index (χ0n) is 10.6. The highest BCUT2D eigenvalue weighted by Gasteiger charge is 2.35. The molecule has 0 aliphatic heterocycles. The lowest BCUT2D eigenvalue weighted by atomic mass is 9.96. The van der Waals surface area contributed by atoms with Crippen LogP contribution in [0.2, 0.25) is 0 Å². The van der Waals surface area contributed by atoms with E-state index in [0.29, 0.717) is 6.42 Å². The van der Waals surface area contributed by atoms with Crippen LogP contribution in [0.3, 0.4) is 0 Å². The Morgan fingerprint density at radius 1 is 1.38 bits per heavy atom. The standard InChI is InChI=1S/C11H21NO4/c1-6-7-11(4,9(13)15-5)12-10(14)16-8(2)3/h8H,6-7H2,1-5H3,(H,12,14). The summed E-state index contributed by atoms with van der Waals surface area (Å²) in [4.78, 5) is 23.0. The van der Waals surface area contributed by atoms with E-state index < -0.39 is 17.6 Å². The summed E-state index contributed by atoms with van der Waals surface area (Å²) in [5, 5.41) is 2.54. The van der Waals surface area contributed by atoms with Crippen LogP contribution >= 0.6 is 0 Å². The average molecular weight is 231 g/mol. The van der Waals surface area contributed by atoms with Crippen LogP contribution in [0.5, 0.6) is 0 Å². The van der Waals surface area contributed by atoms with E-state index in [4.69, 9.17) is 4.74 Å². The Morgan fingerprint density at radius 3 is 2.31 bits per heavy atom. The molecule has 0 radical (unpaired) electrons. The molecule has 5 nitrogen and oxygen atoms in total. The first-order valence-electron chi connectivity index (χ1n) is 5.43. The predicted molar refractivity (Wildman–Crippen MR) is 60.1 cm³/mol. The van der Waals surface area contributed by atoms with Crippen molar-refractivity contribution >= 4 is 12.1 Å². The van der Waals surface area contributed by atoms with Crippen molar-refractivity contribution in [1.29, 1.82) is 0 Å². The van der Waals surface area contributed by atoms with Gasteiger partial charge in [0.05, 0.1) is 13.2 Å². The van der Waals surface area contributed by atoms with Crippen LogP contribution in [0.25, 0.3) is 0 Å². The second kappa shape index (κ2) is 6.35. The van der Waals surface area contributed by atoms with Crippen LogP contribution in [-0.4, -0.2) is 30.8 Å². The van der Waals surface area contributed by atoms with Gasteiger partial charge in [-0.2, -0.15) is 0 Å². The van der Waals surface area contributed by atoms with Crippen molar-refractivity contribution < 1.29 is 19.1 Å². The van der Waals surface area contributed by atoms with E-state index in [1.54, 1.807) is 20.8 Å². The maximum Gasteiger partial charge on any atom is 0.408 e. The number of rotatable bonds is 5. The summed E-state index contributed by atoms with van der Waals surface area (Å²) in [5.74, 6) is -0.463. The molecule has 0 saturated heterocycles. The van der Waals surface area contributed by atoms with Gasteiger partial charge in [0, 0.05) is 0 Å². The molecule has 0 rings (SSSR count). The largest absolute Gasteiger partial charge is 0.467 e. The van der Waals surface area contributed by atoms with Crippen molar-refractivity contribution in [2.24, 2.45) is 0 Å². The van der Waals surface area contributed by atoms with Crippen molar-refractivity contribution in [3.05, 3.63) is 0 Å². The van der Waals surface area contributed by atoms with E-state index >= 15 is 0 Å². The monoisotopic (exact) mass is 231 g/mol. The van der Waals surface area contributed by atoms with Crippen molar-refractivity contribution in [3.8, 4) is 0 Å². The number of ether oxygens (including phenoxy) is 2. The van der Waals surface area contributed by atoms with Crippen molar-refractivity contribution in [2.75, 3.05) is 7.11 Å². The number of carbonyl (C=O) groups is 2. The average Bonchev–Trinajstić information content (AvgIpc) is 2.15. The zero-order chi connectivity index (χ0) is 12.8. The number of hydrogen-bond acceptors (Lipinski definition) is 4. The summed E-state index contributed by atoms with van der Waals surface area (Å²) < 4.78 is 9.59. The first kappa shape index (κ1) is 14.7. The van der Waals surface area contributed by atoms with Gasteiger partial charge in [-0.15, -0.1) is 0 Å². The molecule has 0 aliphatic carbocycles. The molecule has 0 fully saturated rings. The van der Waals surface area contributed by atoms with Gasteiger partial charge < -0.3 is 14.8 Å². The highest BCUT2D eigenvalue weighted by atomic mass is 16.6. The quantitative estimate of drug-likeness (QED) is 0.733. The Morgan fingerprint density at radius 2 is 1.94 bits per heavy atom. The molecular formula is C11H21NO4. The number of methoxy groups -OCH3 is 1. The minimum atomic E-state index is -1.02. The number of amides is 1. The lowest BCUT2D eigenvalue weighted by molar-refractivity contribution is -0.148. The fraction of sp³-hybridized carbons (Fsp3) is 0.818. The molecule has 0 spiro atoms. The molecular weight excluding hydrogens is 210 g/mol. The van der Waals surface area contributed by atoms with Gasteiger partial charge in [0.25, 0.3) is 0 Å². The van der Waals surface area contributed by atoms with Gasteiger partial charge in [0.15, 0.2) is 0 Å². The topological polar surface area (TPSA) is 64.6 Å². The van der Waals surface area contributed by atoms with Gasteiger partial charge in [-0.1, -0.05) is 13.3 Å². The van der Waals surface area contributed by atoms with E-state index in [0.717, 1.165) is 6.42 Å². The Kier molecular flexibility index (Phi) is 5.85. The Balaban J connectivity index is 4.55. The smallest absolute Gasteiger partial charge is 0.408 e. The molecule has 1 atom stereocenters. The Bertz CT molecular complexity index is 252. The van der Waals surface area contributed by atoms with Crippen LogP contribution < -0.4 is 5.32 Å². The Hall–Kier alpha value is -1.26. The zero-order valence-corrected chi connectivity index (χ0v) is 10.6. The minimum absolute atomic E-state index is 0.219. The van der Waals surface area contributed by atoms with Crippen LogP contribution in [0, 0.1) is 0 Å². The molecule has 94 valence electrons. The minimum Gasteiger partial charge on any atom is -0.467 e. The van der Waals surface area contributed by atoms with Crippen LogP contribution in [0.1, 0.15) is 40.5 Å². The highest BCUT2D eigenvalue weighted by molar-refractivity contribution is 5.85. The number of hydrogen-bond donors (Lipinski definition) is 1. The van der Waals surface area contributed by atoms with Gasteiger partial charge >= 0.3 is 12.1 Å². The SMILES string of the molecule is CCCC(C)(NC(=O)OC(C)C)C(=O)OC. The number of esters is 1. The van der Waals surface area contributed by atoms with Crippen molar-refractivity contribution in [3.63, 3.8) is 0 Å². The molecule has 1 unspecified atom stereocenters. The molecule has 0 aliphatic rings. The fourth-order valence-corrected chi connectivity index (χ4v) is 1.41. The van der Waals surface area contributed by atoms with E-state index in [-0.39, 0.29) is 6.10 Å². The predicted octanol–water partition coefficient (Wildman–Crippen LogP) is 1.85. The van der Waals surface area contributed by atoms with Crippen LogP contribution in [-0.2, 0) is 14.3 Å². The third-order valence-corrected chi connectivity index (χ3v) is 2.11. The number of alkyl carbamates (subject to hydrolysis) is 1. The molecule has 0 bridgehead atoms. The molecule has 0 aromatic rings. The van der Waals surface area contributed by atoms with Gasteiger partial charge in [-0.05, 0) is 27.2 Å². The first-order valence-corrected chi connectivity index (χ1v) is 5.43. The molecule has 0 aromatic carbocycles. The van der Waals surface area contributed by atoms with E-state index in [2.05, 4.69) is 10.1 Å². The summed E-state index contributed by atoms with van der Waals surface area (Å²) in [6.45, 7) is 7.05. The lowest BCUT2D eigenvalue weighted by Crippen LogP contribution is -2.53. The molecule has 1 N–H and O–H groups in total. The van der Waals surface area contributed by atoms with Gasteiger partial charge in [-0.3, -0.25) is 0 Å². The summed E-state index contributed by atoms with van der Waals surface area (Å²) in [6, 6.07) is 0. The third-order valence-electron chi connectivity index (χ3n) is 2.11. The molecule has 1 amide bonds. The summed E-state index contributed by atoms with van der Waals surface area (Å²) in [5.41, 5.74) is -1.02. The maximum atomic E-state index is 11.6. The molecule has 0 aromatic heterocycles. The number of nitrogens with one attached hydrogen (secondary N) is 1. The van der Waals surface area contributed by atoms with Crippen LogP contribution in [0.4, 0.5) is 4.79 Å². The van der Waals surface area contributed by atoms with Gasteiger partial charge in [0.2, 0.25) is 0 Å². The fourth-order valence-electron chi connectivity index (χ4n) is 1.41. The third kappa shape index (κ3) is 4.51. The van der Waals surface area contributed by atoms with Gasteiger partial charge in [0.1, 0.15) is 5.54 Å². The number of carbonyl (C=O) groups excluding carboxylic acids is 2. The van der Waals surface area contributed by atoms with Crippen molar-refractivity contribution in [2.45, 2.75) is 52.2 Å². The van der Waals surface area contributed by atoms with Crippen LogP contribution in [0.15, 0.2) is 0 Å². The highest BCUT2D eigenvalue weighted by Crippen LogP contribution is 2.14. The second-order valence-corrected chi connectivity index (χ2v) is 4.15. The summed E-state index contributed by atoms with van der Waals surface area (Å²) >= 11 is 0. The van der Waals surface area contributed by atoms with E-state index in [1.165, 1.54) is 7.11 Å². The summed E-state index contributed by atoms with van der Waals surface area (Å²) in [6.07, 6.45) is 0.445. The maximum absolute atomic E-state index is 11.6. The Labute approximate surface area is 96.5 Å². The summed E-state index contributed by atoms with van der Waals surface area (Å²) in [7, 11) is 1.30. The first-order chi connectivity index (χ1) is 7.35. The van der Waals surface area contributed by atoms with Gasteiger partial charge in [-0.25, -0.2) is 9.59 Å². The normalized spacial score (nSPS) is 14.1. The lowest BCUT2D eigenvalue weighted by Gasteiger charge is -2.27. The molecule has 16 heavy (non-hydrogen) atoms. The van der Waals surface area contributed by atoms with E-state index in [1.807, 2.05) is 6.92 Å². The van der Waals surface area contributed by atoms with Crippen molar-refractivity contribution in [1.82, 2.24) is 5.32 Å². The second-order valence-electron chi connectivity index (χ2n) is 4.15. The van der Waals surface area contributed by atoms with E-state index in [9.17, 15) is 9.59 Å². The molecule has 0 saturated carbocycles. The molecule has 0 heterocycles.